The van der Waals surface area contributed by atoms with Crippen molar-refractivity contribution in [2.75, 3.05) is 6.61 Å². The third-order valence-electron chi connectivity index (χ3n) is 4.54. The van der Waals surface area contributed by atoms with E-state index in [-0.39, 0.29) is 29.8 Å². The molecule has 1 amide bonds. The highest BCUT2D eigenvalue weighted by atomic mass is 19.3. The van der Waals surface area contributed by atoms with Gasteiger partial charge in [-0.3, -0.25) is 9.48 Å². The number of rotatable bonds is 6. The summed E-state index contributed by atoms with van der Waals surface area (Å²) in [4.78, 5) is 12.4. The van der Waals surface area contributed by atoms with Crippen LogP contribution in [0.15, 0.2) is 6.20 Å². The van der Waals surface area contributed by atoms with Crippen LogP contribution in [0.1, 0.15) is 62.5 Å². The van der Waals surface area contributed by atoms with E-state index in [4.69, 9.17) is 0 Å². The molecular formula is C16H25F2N3O2. The van der Waals surface area contributed by atoms with Crippen LogP contribution in [0.4, 0.5) is 8.78 Å². The lowest BCUT2D eigenvalue weighted by molar-refractivity contribution is 0.0815. The van der Waals surface area contributed by atoms with Crippen LogP contribution in [-0.2, 0) is 6.54 Å². The molecule has 1 saturated carbocycles. The molecule has 0 aromatic carbocycles. The van der Waals surface area contributed by atoms with E-state index in [1.54, 1.807) is 0 Å². The lowest BCUT2D eigenvalue weighted by atomic mass is 9.85. The Hall–Kier alpha value is -1.50. The molecule has 1 heterocycles. The van der Waals surface area contributed by atoms with Gasteiger partial charge in [-0.2, -0.15) is 5.10 Å². The second kappa shape index (κ2) is 6.95. The summed E-state index contributed by atoms with van der Waals surface area (Å²) in [6.45, 7) is 6.24. The number of amides is 1. The summed E-state index contributed by atoms with van der Waals surface area (Å²) in [6.07, 6.45) is 0.937. The zero-order chi connectivity index (χ0) is 17.2. The summed E-state index contributed by atoms with van der Waals surface area (Å²) >= 11 is 0. The van der Waals surface area contributed by atoms with Crippen molar-refractivity contribution >= 4 is 5.91 Å². The minimum Gasteiger partial charge on any atom is -0.396 e. The van der Waals surface area contributed by atoms with Crippen LogP contribution in [0, 0.1) is 11.3 Å². The van der Waals surface area contributed by atoms with Crippen molar-refractivity contribution < 1.29 is 18.7 Å². The van der Waals surface area contributed by atoms with Gasteiger partial charge in [0.25, 0.3) is 12.3 Å². The molecule has 2 rings (SSSR count). The molecule has 1 aliphatic carbocycles. The minimum atomic E-state index is -2.75. The first-order valence-corrected chi connectivity index (χ1v) is 8.04. The van der Waals surface area contributed by atoms with E-state index in [9.17, 15) is 18.7 Å². The van der Waals surface area contributed by atoms with Crippen LogP contribution < -0.4 is 5.32 Å². The van der Waals surface area contributed by atoms with Crippen LogP contribution in [0.25, 0.3) is 0 Å². The molecule has 2 atom stereocenters. The maximum atomic E-state index is 13.2. The van der Waals surface area contributed by atoms with Crippen molar-refractivity contribution in [3.63, 3.8) is 0 Å². The van der Waals surface area contributed by atoms with E-state index in [0.29, 0.717) is 6.54 Å². The van der Waals surface area contributed by atoms with E-state index in [0.717, 1.165) is 19.3 Å². The monoisotopic (exact) mass is 329 g/mol. The van der Waals surface area contributed by atoms with Crippen molar-refractivity contribution in [1.29, 1.82) is 0 Å². The van der Waals surface area contributed by atoms with Gasteiger partial charge in [-0.15, -0.1) is 0 Å². The molecule has 7 heteroatoms. The molecule has 130 valence electrons. The average molecular weight is 329 g/mol. The van der Waals surface area contributed by atoms with E-state index < -0.39 is 17.7 Å². The van der Waals surface area contributed by atoms with E-state index >= 15 is 0 Å². The number of carbonyl (C=O) groups is 1. The van der Waals surface area contributed by atoms with Crippen LogP contribution >= 0.6 is 0 Å². The van der Waals surface area contributed by atoms with E-state index in [2.05, 4.69) is 10.4 Å². The second-order valence-corrected chi connectivity index (χ2v) is 7.08. The fourth-order valence-electron chi connectivity index (χ4n) is 3.14. The molecule has 1 fully saturated rings. The minimum absolute atomic E-state index is 0.0402. The number of hydrogen-bond acceptors (Lipinski definition) is 3. The number of aliphatic hydroxyl groups is 1. The topological polar surface area (TPSA) is 67.2 Å². The molecule has 2 N–H and O–H groups in total. The molecule has 1 aromatic rings. The zero-order valence-electron chi connectivity index (χ0n) is 13.9. The maximum Gasteiger partial charge on any atom is 0.272 e. The number of nitrogens with zero attached hydrogens (tertiary/aromatic N) is 2. The summed E-state index contributed by atoms with van der Waals surface area (Å²) in [5.74, 6) is -0.349. The number of hydrogen-bond donors (Lipinski definition) is 2. The number of alkyl halides is 2. The number of nitrogens with one attached hydrogen (secondary N) is 1. The molecule has 2 unspecified atom stereocenters. The number of carbonyl (C=O) groups excluding carboxylic acids is 1. The van der Waals surface area contributed by atoms with Crippen LogP contribution in [0.2, 0.25) is 0 Å². The first kappa shape index (κ1) is 17.8. The molecular weight excluding hydrogens is 304 g/mol. The molecule has 0 spiro atoms. The van der Waals surface area contributed by atoms with Gasteiger partial charge in [0.05, 0.1) is 12.2 Å². The van der Waals surface area contributed by atoms with Gasteiger partial charge >= 0.3 is 0 Å². The highest BCUT2D eigenvalue weighted by Gasteiger charge is 2.40. The second-order valence-electron chi connectivity index (χ2n) is 7.08. The van der Waals surface area contributed by atoms with Crippen molar-refractivity contribution in [1.82, 2.24) is 15.1 Å². The Morgan fingerprint density at radius 2 is 2.26 bits per heavy atom. The fourth-order valence-corrected chi connectivity index (χ4v) is 3.14. The van der Waals surface area contributed by atoms with Crippen molar-refractivity contribution in [3.8, 4) is 0 Å². The molecule has 0 aliphatic heterocycles. The molecule has 1 aromatic heterocycles. The van der Waals surface area contributed by atoms with Crippen LogP contribution in [0.5, 0.6) is 0 Å². The van der Waals surface area contributed by atoms with Crippen molar-refractivity contribution in [3.05, 3.63) is 17.5 Å². The first-order valence-electron chi connectivity index (χ1n) is 8.04. The van der Waals surface area contributed by atoms with Gasteiger partial charge in [0, 0.05) is 24.2 Å². The smallest absolute Gasteiger partial charge is 0.272 e. The normalized spacial score (nSPS) is 24.6. The lowest BCUT2D eigenvalue weighted by Gasteiger charge is -2.29. The summed E-state index contributed by atoms with van der Waals surface area (Å²) in [5, 5.41) is 16.4. The number of halogens is 2. The summed E-state index contributed by atoms with van der Waals surface area (Å²) in [7, 11) is 0. The summed E-state index contributed by atoms with van der Waals surface area (Å²) in [6, 6.07) is -0.222. The summed E-state index contributed by atoms with van der Waals surface area (Å²) in [5.41, 5.74) is -0.957. The Labute approximate surface area is 135 Å². The molecule has 1 aliphatic rings. The Morgan fingerprint density at radius 1 is 1.57 bits per heavy atom. The third kappa shape index (κ3) is 3.88. The van der Waals surface area contributed by atoms with Gasteiger partial charge in [-0.25, -0.2) is 8.78 Å². The lowest BCUT2D eigenvalue weighted by Crippen LogP contribution is -2.45. The Bertz CT molecular complexity index is 560. The number of aliphatic hydroxyl groups excluding tert-OH is 1. The highest BCUT2D eigenvalue weighted by molar-refractivity contribution is 5.94. The van der Waals surface area contributed by atoms with Crippen LogP contribution in [-0.4, -0.2) is 33.4 Å². The molecule has 0 saturated heterocycles. The van der Waals surface area contributed by atoms with Gasteiger partial charge in [-0.1, -0.05) is 27.2 Å². The standard InChI is InChI=1S/C16H25F2N3O2/c1-10(2)7-21-8-11(14(17)18)13(20-21)15(23)19-12-5-4-6-16(12,3)9-22/h8,10,12,14,22H,4-7,9H2,1-3H3,(H,19,23). The third-order valence-corrected chi connectivity index (χ3v) is 4.54. The van der Waals surface area contributed by atoms with Gasteiger partial charge < -0.3 is 10.4 Å². The molecule has 0 radical (unpaired) electrons. The molecule has 5 nitrogen and oxygen atoms in total. The predicted octanol–water partition coefficient (Wildman–Crippen LogP) is 2.76. The van der Waals surface area contributed by atoms with Gasteiger partial charge in [0.1, 0.15) is 0 Å². The zero-order valence-corrected chi connectivity index (χ0v) is 13.9. The molecule has 0 bridgehead atoms. The maximum absolute atomic E-state index is 13.2. The van der Waals surface area contributed by atoms with Crippen LogP contribution in [0.3, 0.4) is 0 Å². The Morgan fingerprint density at radius 3 is 2.83 bits per heavy atom. The highest BCUT2D eigenvalue weighted by Crippen LogP contribution is 2.37. The predicted molar refractivity (Wildman–Crippen MR) is 82.3 cm³/mol. The Kier molecular flexibility index (Phi) is 5.39. The van der Waals surface area contributed by atoms with Crippen molar-refractivity contribution in [2.24, 2.45) is 11.3 Å². The quantitative estimate of drug-likeness (QED) is 0.843. The van der Waals surface area contributed by atoms with Crippen molar-refractivity contribution in [2.45, 2.75) is 59.0 Å². The SMILES string of the molecule is CC(C)Cn1cc(C(F)F)c(C(=O)NC2CCCC2(C)CO)n1. The summed E-state index contributed by atoms with van der Waals surface area (Å²) < 4.78 is 27.8. The first-order chi connectivity index (χ1) is 10.8. The van der Waals surface area contributed by atoms with E-state index in [1.165, 1.54) is 10.9 Å². The molecule has 23 heavy (non-hydrogen) atoms. The average Bonchev–Trinajstić information content (AvgIpc) is 3.03. The Balaban J connectivity index is 2.19. The number of aromatic nitrogens is 2. The van der Waals surface area contributed by atoms with Gasteiger partial charge in [0.2, 0.25) is 0 Å². The van der Waals surface area contributed by atoms with Gasteiger partial charge in [0.15, 0.2) is 5.69 Å². The largest absolute Gasteiger partial charge is 0.396 e. The van der Waals surface area contributed by atoms with Gasteiger partial charge in [-0.05, 0) is 18.8 Å². The fraction of sp³-hybridized carbons (Fsp3) is 0.750. The van der Waals surface area contributed by atoms with E-state index in [1.807, 2.05) is 20.8 Å².